The van der Waals surface area contributed by atoms with Crippen LogP contribution in [0.25, 0.3) is 0 Å². The van der Waals surface area contributed by atoms with Gasteiger partial charge in [0.2, 0.25) is 0 Å². The highest BCUT2D eigenvalue weighted by molar-refractivity contribution is 6.34. The summed E-state index contributed by atoms with van der Waals surface area (Å²) in [6, 6.07) is 0.901. The molecule has 1 rings (SSSR count). The molecular formula is C9H7ClF3NO3. The Kier molecular flexibility index (Phi) is 4.17. The molecule has 0 atom stereocenters. The lowest BCUT2D eigenvalue weighted by molar-refractivity contribution is -0.274. The summed E-state index contributed by atoms with van der Waals surface area (Å²) in [6.07, 6.45) is -3.92. The van der Waals surface area contributed by atoms with Gasteiger partial charge in [-0.2, -0.15) is 0 Å². The Labute approximate surface area is 99.3 Å². The summed E-state index contributed by atoms with van der Waals surface area (Å²) in [5, 5.41) is -0.539. The zero-order valence-electron chi connectivity index (χ0n) is 8.55. The van der Waals surface area contributed by atoms with E-state index >= 15 is 0 Å². The Balaban J connectivity index is 3.03. The number of alkyl halides is 3. The number of carbonyl (C=O) groups is 1. The minimum Gasteiger partial charge on any atom is -0.461 e. The van der Waals surface area contributed by atoms with Crippen LogP contribution in [0.2, 0.25) is 5.02 Å². The van der Waals surface area contributed by atoms with Crippen molar-refractivity contribution in [3.8, 4) is 5.75 Å². The van der Waals surface area contributed by atoms with Crippen molar-refractivity contribution in [1.82, 2.24) is 4.98 Å². The van der Waals surface area contributed by atoms with Gasteiger partial charge in [0, 0.05) is 12.3 Å². The van der Waals surface area contributed by atoms with Gasteiger partial charge in [-0.3, -0.25) is 0 Å². The molecular weight excluding hydrogens is 263 g/mol. The van der Waals surface area contributed by atoms with Gasteiger partial charge in [-0.25, -0.2) is 9.78 Å². The highest BCUT2D eigenvalue weighted by Gasteiger charge is 2.33. The molecule has 0 bridgehead atoms. The number of halogens is 4. The van der Waals surface area contributed by atoms with E-state index in [9.17, 15) is 18.0 Å². The summed E-state index contributed by atoms with van der Waals surface area (Å²) < 4.78 is 44.1. The van der Waals surface area contributed by atoms with E-state index < -0.39 is 28.8 Å². The van der Waals surface area contributed by atoms with Gasteiger partial charge in [0.15, 0.2) is 11.4 Å². The standard InChI is InChI=1S/C9H7ClF3NO3/c1-2-16-8(15)7-6(10)5(3-4-14-7)17-9(11,12)13/h3-4H,2H2,1H3. The second-order valence-electron chi connectivity index (χ2n) is 2.74. The van der Waals surface area contributed by atoms with Crippen LogP contribution < -0.4 is 4.74 Å². The van der Waals surface area contributed by atoms with Crippen LogP contribution in [0.5, 0.6) is 5.75 Å². The van der Waals surface area contributed by atoms with Crippen LogP contribution in [0.3, 0.4) is 0 Å². The molecule has 1 heterocycles. The molecule has 0 saturated heterocycles. The average Bonchev–Trinajstić information content (AvgIpc) is 2.19. The highest BCUT2D eigenvalue weighted by atomic mass is 35.5. The van der Waals surface area contributed by atoms with Crippen molar-refractivity contribution in [3.63, 3.8) is 0 Å². The van der Waals surface area contributed by atoms with Gasteiger partial charge in [0.1, 0.15) is 5.02 Å². The summed E-state index contributed by atoms with van der Waals surface area (Å²) in [6.45, 7) is 1.60. The first-order valence-electron chi connectivity index (χ1n) is 4.42. The summed E-state index contributed by atoms with van der Waals surface area (Å²) in [4.78, 5) is 14.8. The van der Waals surface area contributed by atoms with E-state index in [1.165, 1.54) is 0 Å². The quantitative estimate of drug-likeness (QED) is 0.792. The predicted octanol–water partition coefficient (Wildman–Crippen LogP) is 2.81. The molecule has 0 aliphatic rings. The van der Waals surface area contributed by atoms with E-state index in [4.69, 9.17) is 11.6 Å². The number of ether oxygens (including phenoxy) is 2. The monoisotopic (exact) mass is 269 g/mol. The number of aromatic nitrogens is 1. The van der Waals surface area contributed by atoms with Crippen molar-refractivity contribution in [2.24, 2.45) is 0 Å². The van der Waals surface area contributed by atoms with E-state index in [1.54, 1.807) is 6.92 Å². The number of hydrogen-bond acceptors (Lipinski definition) is 4. The lowest BCUT2D eigenvalue weighted by Gasteiger charge is -2.11. The van der Waals surface area contributed by atoms with E-state index in [0.29, 0.717) is 0 Å². The maximum Gasteiger partial charge on any atom is 0.573 e. The molecule has 0 radical (unpaired) electrons. The van der Waals surface area contributed by atoms with Crippen molar-refractivity contribution < 1.29 is 27.4 Å². The molecule has 94 valence electrons. The maximum absolute atomic E-state index is 12.0. The van der Waals surface area contributed by atoms with Crippen LogP contribution in [-0.4, -0.2) is 23.9 Å². The van der Waals surface area contributed by atoms with Crippen LogP contribution in [0.1, 0.15) is 17.4 Å². The molecule has 8 heteroatoms. The SMILES string of the molecule is CCOC(=O)c1nccc(OC(F)(F)F)c1Cl. The van der Waals surface area contributed by atoms with Gasteiger partial charge in [0.05, 0.1) is 6.61 Å². The third kappa shape index (κ3) is 3.77. The minimum absolute atomic E-state index is 0.0567. The third-order valence-corrected chi connectivity index (χ3v) is 1.91. The predicted molar refractivity (Wildman–Crippen MR) is 51.9 cm³/mol. The molecule has 0 aliphatic carbocycles. The largest absolute Gasteiger partial charge is 0.573 e. The van der Waals surface area contributed by atoms with E-state index in [0.717, 1.165) is 12.3 Å². The molecule has 0 aliphatic heterocycles. The molecule has 17 heavy (non-hydrogen) atoms. The maximum atomic E-state index is 12.0. The topological polar surface area (TPSA) is 48.4 Å². The molecule has 0 aromatic carbocycles. The van der Waals surface area contributed by atoms with Gasteiger partial charge >= 0.3 is 12.3 Å². The van der Waals surface area contributed by atoms with Gasteiger partial charge in [-0.1, -0.05) is 11.6 Å². The van der Waals surface area contributed by atoms with E-state index in [-0.39, 0.29) is 6.61 Å². The molecule has 0 fully saturated rings. The fourth-order valence-electron chi connectivity index (χ4n) is 0.971. The Morgan fingerprint density at radius 3 is 2.71 bits per heavy atom. The molecule has 1 aromatic heterocycles. The number of pyridine rings is 1. The molecule has 0 spiro atoms. The Hall–Kier alpha value is -1.50. The zero-order valence-corrected chi connectivity index (χ0v) is 9.30. The van der Waals surface area contributed by atoms with Crippen molar-refractivity contribution >= 4 is 17.6 Å². The normalized spacial score (nSPS) is 11.1. The van der Waals surface area contributed by atoms with Crippen LogP contribution in [0.4, 0.5) is 13.2 Å². The highest BCUT2D eigenvalue weighted by Crippen LogP contribution is 2.31. The summed E-state index contributed by atoms with van der Waals surface area (Å²) in [7, 11) is 0. The van der Waals surface area contributed by atoms with Crippen molar-refractivity contribution in [2.75, 3.05) is 6.61 Å². The third-order valence-electron chi connectivity index (χ3n) is 1.55. The first-order valence-corrected chi connectivity index (χ1v) is 4.80. The summed E-state index contributed by atoms with van der Waals surface area (Å²) in [5.74, 6) is -1.61. The van der Waals surface area contributed by atoms with Crippen LogP contribution in [0, 0.1) is 0 Å². The Bertz CT molecular complexity index is 422. The van der Waals surface area contributed by atoms with Gasteiger partial charge in [-0.15, -0.1) is 13.2 Å². The summed E-state index contributed by atoms with van der Waals surface area (Å²) in [5.41, 5.74) is -0.421. The number of nitrogens with zero attached hydrogens (tertiary/aromatic N) is 1. The molecule has 0 amide bonds. The molecule has 1 aromatic rings. The first-order chi connectivity index (χ1) is 7.85. The Morgan fingerprint density at radius 1 is 1.53 bits per heavy atom. The van der Waals surface area contributed by atoms with Crippen LogP contribution >= 0.6 is 11.6 Å². The van der Waals surface area contributed by atoms with Crippen molar-refractivity contribution in [2.45, 2.75) is 13.3 Å². The van der Waals surface area contributed by atoms with Gasteiger partial charge in [0.25, 0.3) is 0 Å². The first kappa shape index (κ1) is 13.6. The van der Waals surface area contributed by atoms with Crippen molar-refractivity contribution in [3.05, 3.63) is 23.0 Å². The molecule has 4 nitrogen and oxygen atoms in total. The number of esters is 1. The number of rotatable bonds is 3. The second kappa shape index (κ2) is 5.22. The van der Waals surface area contributed by atoms with Crippen LogP contribution in [-0.2, 0) is 4.74 Å². The lowest BCUT2D eigenvalue weighted by atomic mass is 10.3. The zero-order chi connectivity index (χ0) is 13.1. The van der Waals surface area contributed by atoms with E-state index in [1.807, 2.05) is 0 Å². The van der Waals surface area contributed by atoms with Gasteiger partial charge < -0.3 is 9.47 Å². The smallest absolute Gasteiger partial charge is 0.461 e. The molecule has 0 N–H and O–H groups in total. The second-order valence-corrected chi connectivity index (χ2v) is 3.12. The average molecular weight is 270 g/mol. The summed E-state index contributed by atoms with van der Waals surface area (Å²) >= 11 is 5.56. The molecule has 0 unspecified atom stereocenters. The number of carbonyl (C=O) groups excluding carboxylic acids is 1. The molecule has 0 saturated carbocycles. The lowest BCUT2D eigenvalue weighted by Crippen LogP contribution is -2.18. The van der Waals surface area contributed by atoms with E-state index in [2.05, 4.69) is 14.5 Å². The fourth-order valence-corrected chi connectivity index (χ4v) is 1.20. The van der Waals surface area contributed by atoms with Crippen LogP contribution in [0.15, 0.2) is 12.3 Å². The fraction of sp³-hybridized carbons (Fsp3) is 0.333. The van der Waals surface area contributed by atoms with Gasteiger partial charge in [-0.05, 0) is 6.92 Å². The number of hydrogen-bond donors (Lipinski definition) is 0. The Morgan fingerprint density at radius 2 is 2.18 bits per heavy atom. The minimum atomic E-state index is -4.89. The van der Waals surface area contributed by atoms with Crippen molar-refractivity contribution in [1.29, 1.82) is 0 Å².